The number of nitrogens with zero attached hydrogens (tertiary/aromatic N) is 4. The van der Waals surface area contributed by atoms with E-state index in [1.165, 1.54) is 0 Å². The molecule has 0 unspecified atom stereocenters. The van der Waals surface area contributed by atoms with Gasteiger partial charge in [-0.05, 0) is 20.8 Å². The molecule has 0 saturated carbocycles. The highest BCUT2D eigenvalue weighted by Gasteiger charge is 2.14. The summed E-state index contributed by atoms with van der Waals surface area (Å²) in [6, 6.07) is 0. The molecule has 0 saturated heterocycles. The molecule has 0 radical (unpaired) electrons. The molecule has 1 N–H and O–H groups in total. The van der Waals surface area contributed by atoms with Gasteiger partial charge in [0.1, 0.15) is 17.5 Å². The molecule has 0 spiro atoms. The number of aromatic nitrogens is 3. The van der Waals surface area contributed by atoms with Gasteiger partial charge in [0.15, 0.2) is 0 Å². The van der Waals surface area contributed by atoms with Gasteiger partial charge in [0.25, 0.3) is 0 Å². The minimum absolute atomic E-state index is 0.761. The predicted octanol–water partition coefficient (Wildman–Crippen LogP) is 3.18. The van der Waals surface area contributed by atoms with Gasteiger partial charge in [-0.15, -0.1) is 11.3 Å². The molecule has 0 aliphatic heterocycles. The van der Waals surface area contributed by atoms with Crippen LogP contribution in [-0.2, 0) is 13.0 Å². The fourth-order valence-electron chi connectivity index (χ4n) is 2.22. The van der Waals surface area contributed by atoms with E-state index in [0.29, 0.717) is 0 Å². The predicted molar refractivity (Wildman–Crippen MR) is 89.3 cm³/mol. The van der Waals surface area contributed by atoms with Crippen molar-refractivity contribution in [3.8, 4) is 0 Å². The first-order chi connectivity index (χ1) is 10.0. The maximum absolute atomic E-state index is 4.69. The van der Waals surface area contributed by atoms with Crippen molar-refractivity contribution in [2.75, 3.05) is 23.8 Å². The van der Waals surface area contributed by atoms with Gasteiger partial charge in [0, 0.05) is 31.0 Å². The Labute approximate surface area is 130 Å². The zero-order valence-electron chi connectivity index (χ0n) is 13.4. The molecule has 2 aromatic heterocycles. The molecule has 0 aliphatic carbocycles. The van der Waals surface area contributed by atoms with Gasteiger partial charge >= 0.3 is 0 Å². The van der Waals surface area contributed by atoms with Crippen LogP contribution in [0.4, 0.5) is 11.6 Å². The summed E-state index contributed by atoms with van der Waals surface area (Å²) in [4.78, 5) is 15.9. The normalized spacial score (nSPS) is 10.7. The van der Waals surface area contributed by atoms with Crippen LogP contribution in [0.5, 0.6) is 0 Å². The van der Waals surface area contributed by atoms with Crippen LogP contribution in [-0.4, -0.2) is 28.5 Å². The molecule has 0 aromatic carbocycles. The highest BCUT2D eigenvalue weighted by atomic mass is 32.1. The lowest BCUT2D eigenvalue weighted by molar-refractivity contribution is 0.834. The van der Waals surface area contributed by atoms with E-state index in [0.717, 1.165) is 53.2 Å². The summed E-state index contributed by atoms with van der Waals surface area (Å²) < 4.78 is 0. The largest absolute Gasteiger partial charge is 0.370 e. The fraction of sp³-hybridized carbons (Fsp3) is 0.533. The van der Waals surface area contributed by atoms with Crippen LogP contribution in [0.1, 0.15) is 35.9 Å². The molecule has 21 heavy (non-hydrogen) atoms. The zero-order chi connectivity index (χ0) is 15.4. The lowest BCUT2D eigenvalue weighted by Crippen LogP contribution is -2.21. The number of anilines is 2. The smallest absolute Gasteiger partial charge is 0.137 e. The van der Waals surface area contributed by atoms with Gasteiger partial charge < -0.3 is 10.2 Å². The minimum atomic E-state index is 0.761. The molecule has 0 atom stereocenters. The number of thiazole rings is 1. The highest BCUT2D eigenvalue weighted by Crippen LogP contribution is 2.24. The SMILES string of the molecule is CCNc1nc(CC)nc(N(C)Cc2csc(C)n2)c1C. The van der Waals surface area contributed by atoms with E-state index in [1.54, 1.807) is 11.3 Å². The standard InChI is InChI=1S/C15H23N5S/c1-6-13-18-14(16-7-2)10(3)15(19-13)20(5)8-12-9-21-11(4)17-12/h9H,6-8H2,1-5H3,(H,16,18,19). The van der Waals surface area contributed by atoms with Crippen molar-refractivity contribution in [1.29, 1.82) is 0 Å². The Balaban J connectivity index is 2.30. The topological polar surface area (TPSA) is 53.9 Å². The molecule has 114 valence electrons. The van der Waals surface area contributed by atoms with Crippen molar-refractivity contribution in [3.63, 3.8) is 0 Å². The number of rotatable bonds is 6. The van der Waals surface area contributed by atoms with E-state index in [9.17, 15) is 0 Å². The van der Waals surface area contributed by atoms with Crippen LogP contribution in [0, 0.1) is 13.8 Å². The second kappa shape index (κ2) is 6.85. The van der Waals surface area contributed by atoms with Crippen molar-refractivity contribution in [2.45, 2.75) is 40.7 Å². The van der Waals surface area contributed by atoms with Crippen LogP contribution in [0.25, 0.3) is 0 Å². The Kier molecular flexibility index (Phi) is 5.12. The Hall–Kier alpha value is -1.69. The number of nitrogens with one attached hydrogen (secondary N) is 1. The maximum atomic E-state index is 4.69. The quantitative estimate of drug-likeness (QED) is 0.888. The van der Waals surface area contributed by atoms with Crippen molar-refractivity contribution in [1.82, 2.24) is 15.0 Å². The van der Waals surface area contributed by atoms with Crippen molar-refractivity contribution in [3.05, 3.63) is 27.5 Å². The molecule has 0 aliphatic rings. The molecule has 2 rings (SSSR count). The number of hydrogen-bond acceptors (Lipinski definition) is 6. The Morgan fingerprint density at radius 1 is 1.19 bits per heavy atom. The highest BCUT2D eigenvalue weighted by molar-refractivity contribution is 7.09. The summed E-state index contributed by atoms with van der Waals surface area (Å²) in [6.45, 7) is 9.87. The van der Waals surface area contributed by atoms with Crippen molar-refractivity contribution >= 4 is 23.0 Å². The van der Waals surface area contributed by atoms with Crippen LogP contribution in [0.3, 0.4) is 0 Å². The average Bonchev–Trinajstić information content (AvgIpc) is 2.86. The molecule has 2 aromatic rings. The van der Waals surface area contributed by atoms with Crippen LogP contribution < -0.4 is 10.2 Å². The van der Waals surface area contributed by atoms with Crippen LogP contribution in [0.15, 0.2) is 5.38 Å². The Morgan fingerprint density at radius 2 is 1.95 bits per heavy atom. The summed E-state index contributed by atoms with van der Waals surface area (Å²) in [6.07, 6.45) is 0.829. The molecule has 0 bridgehead atoms. The summed E-state index contributed by atoms with van der Waals surface area (Å²) in [5.41, 5.74) is 2.17. The zero-order valence-corrected chi connectivity index (χ0v) is 14.2. The number of hydrogen-bond donors (Lipinski definition) is 1. The second-order valence-electron chi connectivity index (χ2n) is 5.03. The lowest BCUT2D eigenvalue weighted by atomic mass is 10.2. The first kappa shape index (κ1) is 15.7. The van der Waals surface area contributed by atoms with Gasteiger partial charge in [0.2, 0.25) is 0 Å². The van der Waals surface area contributed by atoms with E-state index < -0.39 is 0 Å². The molecule has 2 heterocycles. The van der Waals surface area contributed by atoms with E-state index in [4.69, 9.17) is 0 Å². The minimum Gasteiger partial charge on any atom is -0.370 e. The van der Waals surface area contributed by atoms with E-state index in [2.05, 4.69) is 58.4 Å². The third kappa shape index (κ3) is 3.69. The molecule has 0 amide bonds. The summed E-state index contributed by atoms with van der Waals surface area (Å²) in [5.74, 6) is 2.77. The molecule has 5 nitrogen and oxygen atoms in total. The molecular weight excluding hydrogens is 282 g/mol. The summed E-state index contributed by atoms with van der Waals surface area (Å²) in [5, 5.41) is 6.53. The van der Waals surface area contributed by atoms with Crippen LogP contribution >= 0.6 is 11.3 Å². The van der Waals surface area contributed by atoms with E-state index in [1.807, 2.05) is 6.92 Å². The summed E-state index contributed by atoms with van der Waals surface area (Å²) in [7, 11) is 2.05. The molecular formula is C15H23N5S. The lowest BCUT2D eigenvalue weighted by Gasteiger charge is -2.21. The average molecular weight is 305 g/mol. The monoisotopic (exact) mass is 305 g/mol. The van der Waals surface area contributed by atoms with Crippen molar-refractivity contribution < 1.29 is 0 Å². The third-order valence-corrected chi connectivity index (χ3v) is 4.08. The molecule has 6 heteroatoms. The second-order valence-corrected chi connectivity index (χ2v) is 6.10. The molecule has 0 fully saturated rings. The Morgan fingerprint density at radius 3 is 2.52 bits per heavy atom. The van der Waals surface area contributed by atoms with Gasteiger partial charge in [-0.25, -0.2) is 15.0 Å². The number of aryl methyl sites for hydroxylation is 2. The van der Waals surface area contributed by atoms with Gasteiger partial charge in [0.05, 0.1) is 17.2 Å². The van der Waals surface area contributed by atoms with Crippen molar-refractivity contribution in [2.24, 2.45) is 0 Å². The van der Waals surface area contributed by atoms with Gasteiger partial charge in [-0.3, -0.25) is 0 Å². The summed E-state index contributed by atoms with van der Waals surface area (Å²) >= 11 is 1.68. The third-order valence-electron chi connectivity index (χ3n) is 3.25. The first-order valence-electron chi connectivity index (χ1n) is 7.28. The van der Waals surface area contributed by atoms with Crippen LogP contribution in [0.2, 0.25) is 0 Å². The first-order valence-corrected chi connectivity index (χ1v) is 8.16. The van der Waals surface area contributed by atoms with Gasteiger partial charge in [-0.1, -0.05) is 6.92 Å². The van der Waals surface area contributed by atoms with E-state index in [-0.39, 0.29) is 0 Å². The Bertz CT molecular complexity index is 608. The van der Waals surface area contributed by atoms with E-state index >= 15 is 0 Å². The van der Waals surface area contributed by atoms with Gasteiger partial charge in [-0.2, -0.15) is 0 Å². The maximum Gasteiger partial charge on any atom is 0.137 e. The fourth-order valence-corrected chi connectivity index (χ4v) is 2.82.